The van der Waals surface area contributed by atoms with Crippen molar-refractivity contribution in [2.75, 3.05) is 30.0 Å². The molecule has 0 spiro atoms. The Balaban J connectivity index is 1.42. The molecule has 6 heteroatoms. The Morgan fingerprint density at radius 1 is 0.926 bits per heavy atom. The minimum Gasteiger partial charge on any atom is -0.370 e. The smallest absolute Gasteiger partial charge is 0.255 e. The number of anilines is 2. The Bertz CT molecular complexity index is 932. The summed E-state index contributed by atoms with van der Waals surface area (Å²) in [5.74, 6) is -0.231. The van der Waals surface area contributed by atoms with E-state index in [0.717, 1.165) is 11.4 Å². The van der Waals surface area contributed by atoms with Crippen molar-refractivity contribution >= 4 is 23.2 Å². The van der Waals surface area contributed by atoms with Gasteiger partial charge in [0.05, 0.1) is 6.61 Å². The summed E-state index contributed by atoms with van der Waals surface area (Å²) in [6, 6.07) is 18.6. The third-order valence-corrected chi connectivity index (χ3v) is 4.45. The number of aromatic nitrogens is 1. The van der Waals surface area contributed by atoms with Crippen LogP contribution in [-0.4, -0.2) is 36.1 Å². The Morgan fingerprint density at radius 2 is 1.59 bits per heavy atom. The van der Waals surface area contributed by atoms with Gasteiger partial charge in [0.2, 0.25) is 0 Å². The molecular weight excluding hydrogens is 342 g/mol. The Morgan fingerprint density at radius 3 is 2.26 bits per heavy atom. The van der Waals surface area contributed by atoms with Crippen molar-refractivity contribution in [2.24, 2.45) is 0 Å². The zero-order valence-corrected chi connectivity index (χ0v) is 14.7. The summed E-state index contributed by atoms with van der Waals surface area (Å²) in [5.41, 5.74) is 3.06. The second-order valence-corrected chi connectivity index (χ2v) is 6.24. The molecule has 0 unspecified atom stereocenters. The number of hydrogen-bond donors (Lipinski definition) is 1. The highest BCUT2D eigenvalue weighted by Crippen LogP contribution is 2.20. The first-order valence-electron chi connectivity index (χ1n) is 8.74. The fourth-order valence-electron chi connectivity index (χ4n) is 3.01. The van der Waals surface area contributed by atoms with Crippen molar-refractivity contribution in [1.29, 1.82) is 0 Å². The summed E-state index contributed by atoms with van der Waals surface area (Å²) in [6.45, 7) is 1.18. The molecule has 2 heterocycles. The fraction of sp³-hybridized carbons (Fsp3) is 0.143. The second-order valence-electron chi connectivity index (χ2n) is 6.24. The molecular formula is C21H19N3O3. The number of carbonyl (C=O) groups excluding carboxylic acids is 2. The van der Waals surface area contributed by atoms with Gasteiger partial charge in [0.15, 0.2) is 0 Å². The molecule has 2 aromatic carbocycles. The molecule has 0 radical (unpaired) electrons. The third kappa shape index (κ3) is 3.75. The van der Waals surface area contributed by atoms with Crippen molar-refractivity contribution in [2.45, 2.75) is 0 Å². The van der Waals surface area contributed by atoms with Crippen LogP contribution in [-0.2, 0) is 9.53 Å². The van der Waals surface area contributed by atoms with E-state index in [1.54, 1.807) is 29.2 Å². The highest BCUT2D eigenvalue weighted by molar-refractivity contribution is 6.04. The van der Waals surface area contributed by atoms with E-state index in [1.165, 1.54) is 0 Å². The molecule has 0 aliphatic carbocycles. The molecule has 3 aromatic rings. The summed E-state index contributed by atoms with van der Waals surface area (Å²) >= 11 is 0. The molecule has 1 aliphatic heterocycles. The minimum absolute atomic E-state index is 0.0548. The summed E-state index contributed by atoms with van der Waals surface area (Å²) in [5, 5.41) is 2.88. The van der Waals surface area contributed by atoms with Crippen LogP contribution in [0.1, 0.15) is 10.4 Å². The summed E-state index contributed by atoms with van der Waals surface area (Å²) in [7, 11) is 0. The molecule has 1 saturated heterocycles. The van der Waals surface area contributed by atoms with Crippen LogP contribution >= 0.6 is 0 Å². The Kier molecular flexibility index (Phi) is 4.72. The van der Waals surface area contributed by atoms with Crippen molar-refractivity contribution in [1.82, 2.24) is 4.57 Å². The van der Waals surface area contributed by atoms with Gasteiger partial charge in [-0.3, -0.25) is 9.59 Å². The molecule has 1 N–H and O–H groups in total. The van der Waals surface area contributed by atoms with Gasteiger partial charge in [-0.25, -0.2) is 0 Å². The predicted octanol–water partition coefficient (Wildman–Crippen LogP) is 3.09. The number of carbonyl (C=O) groups is 2. The van der Waals surface area contributed by atoms with E-state index in [-0.39, 0.29) is 18.4 Å². The highest BCUT2D eigenvalue weighted by Gasteiger charge is 2.20. The van der Waals surface area contributed by atoms with Crippen LogP contribution in [0.25, 0.3) is 5.69 Å². The summed E-state index contributed by atoms with van der Waals surface area (Å²) in [4.78, 5) is 26.0. The average Bonchev–Trinajstić information content (AvgIpc) is 3.24. The quantitative estimate of drug-likeness (QED) is 0.777. The standard InChI is InChI=1S/C21H19N3O3/c25-20-15-27-14-13-24(20)19-9-5-17(6-10-19)22-21(26)16-3-7-18(8-4-16)23-11-1-2-12-23/h1-12H,13-15H2,(H,22,26). The number of hydrogen-bond acceptors (Lipinski definition) is 3. The van der Waals surface area contributed by atoms with Crippen LogP contribution in [0.15, 0.2) is 73.1 Å². The molecule has 0 atom stereocenters. The molecule has 0 saturated carbocycles. The lowest BCUT2D eigenvalue weighted by atomic mass is 10.2. The maximum atomic E-state index is 12.5. The molecule has 6 nitrogen and oxygen atoms in total. The van der Waals surface area contributed by atoms with Gasteiger partial charge in [-0.05, 0) is 60.7 Å². The normalized spacial score (nSPS) is 14.2. The van der Waals surface area contributed by atoms with Crippen molar-refractivity contribution < 1.29 is 14.3 Å². The second kappa shape index (κ2) is 7.47. The van der Waals surface area contributed by atoms with Crippen molar-refractivity contribution in [3.63, 3.8) is 0 Å². The molecule has 27 heavy (non-hydrogen) atoms. The number of benzene rings is 2. The lowest BCUT2D eigenvalue weighted by Gasteiger charge is -2.26. The third-order valence-electron chi connectivity index (χ3n) is 4.45. The largest absolute Gasteiger partial charge is 0.370 e. The van der Waals surface area contributed by atoms with E-state index >= 15 is 0 Å². The van der Waals surface area contributed by atoms with E-state index in [1.807, 2.05) is 53.4 Å². The van der Waals surface area contributed by atoms with Gasteiger partial charge in [0.25, 0.3) is 11.8 Å². The summed E-state index contributed by atoms with van der Waals surface area (Å²) < 4.78 is 7.12. The Labute approximate surface area is 157 Å². The van der Waals surface area contributed by atoms with Crippen molar-refractivity contribution in [3.05, 3.63) is 78.6 Å². The number of ether oxygens (including phenoxy) is 1. The Hall–Kier alpha value is -3.38. The maximum absolute atomic E-state index is 12.5. The van der Waals surface area contributed by atoms with E-state index in [0.29, 0.717) is 24.4 Å². The van der Waals surface area contributed by atoms with Crippen LogP contribution in [0.3, 0.4) is 0 Å². The molecule has 0 bridgehead atoms. The van der Waals surface area contributed by atoms with Crippen LogP contribution in [0, 0.1) is 0 Å². The van der Waals surface area contributed by atoms with Gasteiger partial charge in [-0.2, -0.15) is 0 Å². The van der Waals surface area contributed by atoms with Crippen LogP contribution < -0.4 is 10.2 Å². The van der Waals surface area contributed by atoms with E-state index in [9.17, 15) is 9.59 Å². The monoisotopic (exact) mass is 361 g/mol. The fourth-order valence-corrected chi connectivity index (χ4v) is 3.01. The first-order chi connectivity index (χ1) is 13.2. The van der Waals surface area contributed by atoms with Crippen LogP contribution in [0.5, 0.6) is 0 Å². The number of nitrogens with one attached hydrogen (secondary N) is 1. The number of morpholine rings is 1. The first kappa shape index (κ1) is 17.1. The topological polar surface area (TPSA) is 63.6 Å². The summed E-state index contributed by atoms with van der Waals surface area (Å²) in [6.07, 6.45) is 3.91. The van der Waals surface area contributed by atoms with Gasteiger partial charge in [-0.1, -0.05) is 0 Å². The molecule has 136 valence electrons. The lowest BCUT2D eigenvalue weighted by molar-refractivity contribution is -0.125. The molecule has 1 aliphatic rings. The van der Waals surface area contributed by atoms with Crippen LogP contribution in [0.2, 0.25) is 0 Å². The van der Waals surface area contributed by atoms with Gasteiger partial charge in [-0.15, -0.1) is 0 Å². The van der Waals surface area contributed by atoms with E-state index < -0.39 is 0 Å². The number of nitrogens with zero attached hydrogens (tertiary/aromatic N) is 2. The molecule has 4 rings (SSSR count). The number of amides is 2. The molecule has 1 fully saturated rings. The minimum atomic E-state index is -0.177. The molecule has 2 amide bonds. The average molecular weight is 361 g/mol. The first-order valence-corrected chi connectivity index (χ1v) is 8.74. The van der Waals surface area contributed by atoms with E-state index in [2.05, 4.69) is 5.32 Å². The van der Waals surface area contributed by atoms with E-state index in [4.69, 9.17) is 4.74 Å². The zero-order chi connectivity index (χ0) is 18.6. The zero-order valence-electron chi connectivity index (χ0n) is 14.7. The highest BCUT2D eigenvalue weighted by atomic mass is 16.5. The number of rotatable bonds is 4. The lowest BCUT2D eigenvalue weighted by Crippen LogP contribution is -2.41. The van der Waals surface area contributed by atoms with Crippen molar-refractivity contribution in [3.8, 4) is 5.69 Å². The SMILES string of the molecule is O=C(Nc1ccc(N2CCOCC2=O)cc1)c1ccc(-n2cccc2)cc1. The predicted molar refractivity (Wildman–Crippen MR) is 103 cm³/mol. The van der Waals surface area contributed by atoms with Crippen LogP contribution in [0.4, 0.5) is 11.4 Å². The van der Waals surface area contributed by atoms with Gasteiger partial charge in [0, 0.05) is 41.6 Å². The van der Waals surface area contributed by atoms with Gasteiger partial charge < -0.3 is 19.5 Å². The van der Waals surface area contributed by atoms with Gasteiger partial charge in [0.1, 0.15) is 6.61 Å². The van der Waals surface area contributed by atoms with Gasteiger partial charge >= 0.3 is 0 Å². The molecule has 1 aromatic heterocycles. The maximum Gasteiger partial charge on any atom is 0.255 e.